The summed E-state index contributed by atoms with van der Waals surface area (Å²) < 4.78 is 0. The first-order valence-electron chi connectivity index (χ1n) is 6.10. The molecule has 0 saturated heterocycles. The average molecular weight is 255 g/mol. The van der Waals surface area contributed by atoms with Crippen LogP contribution in [0.25, 0.3) is 0 Å². The normalized spacial score (nSPS) is 17.3. The summed E-state index contributed by atoms with van der Waals surface area (Å²) in [4.78, 5) is 21.4. The van der Waals surface area contributed by atoms with Gasteiger partial charge in [0.25, 0.3) is 0 Å². The van der Waals surface area contributed by atoms with E-state index in [1.165, 1.54) is 18.0 Å². The van der Waals surface area contributed by atoms with Gasteiger partial charge in [-0.2, -0.15) is 0 Å². The monoisotopic (exact) mass is 255 g/mol. The Morgan fingerprint density at radius 2 is 2.05 bits per heavy atom. The van der Waals surface area contributed by atoms with Gasteiger partial charge in [-0.3, -0.25) is 0 Å². The Morgan fingerprint density at radius 1 is 1.32 bits per heavy atom. The van der Waals surface area contributed by atoms with E-state index < -0.39 is 5.97 Å². The molecule has 1 aromatic heterocycles. The van der Waals surface area contributed by atoms with E-state index in [2.05, 4.69) is 23.0 Å². The minimum Gasteiger partial charge on any atom is -0.476 e. The summed E-state index contributed by atoms with van der Waals surface area (Å²) in [5.41, 5.74) is 2.21. The molecule has 1 N–H and O–H groups in total. The molecule has 1 atom stereocenters. The number of rotatable bonds is 2. The molecule has 0 amide bonds. The van der Waals surface area contributed by atoms with Crippen molar-refractivity contribution in [3.05, 3.63) is 47.9 Å². The summed E-state index contributed by atoms with van der Waals surface area (Å²) in [6, 6.07) is 8.15. The summed E-state index contributed by atoms with van der Waals surface area (Å²) in [6.07, 6.45) is 3.81. The zero-order chi connectivity index (χ0) is 13.4. The minimum absolute atomic E-state index is 0.00828. The number of hydrogen-bond donors (Lipinski definition) is 1. The van der Waals surface area contributed by atoms with Crippen LogP contribution in [0.15, 0.2) is 36.7 Å². The van der Waals surface area contributed by atoms with Gasteiger partial charge in [0.05, 0.1) is 0 Å². The van der Waals surface area contributed by atoms with E-state index in [9.17, 15) is 9.90 Å². The van der Waals surface area contributed by atoms with Gasteiger partial charge in [-0.05, 0) is 25.0 Å². The molecule has 0 fully saturated rings. The predicted octanol–water partition coefficient (Wildman–Crippen LogP) is 2.26. The van der Waals surface area contributed by atoms with Crippen LogP contribution in [0, 0.1) is 0 Å². The smallest absolute Gasteiger partial charge is 0.358 e. The molecular weight excluding hydrogens is 242 g/mol. The maximum absolute atomic E-state index is 11.3. The van der Waals surface area contributed by atoms with E-state index in [4.69, 9.17) is 0 Å². The number of aromatic nitrogens is 2. The fourth-order valence-corrected chi connectivity index (χ4v) is 2.55. The average Bonchev–Trinajstić information content (AvgIpc) is 2.74. The molecule has 0 spiro atoms. The van der Waals surface area contributed by atoms with Gasteiger partial charge in [-0.1, -0.05) is 18.2 Å². The first kappa shape index (κ1) is 11.6. The van der Waals surface area contributed by atoms with Crippen LogP contribution >= 0.6 is 0 Å². The Hall–Kier alpha value is -2.43. The Balaban J connectivity index is 2.15. The first-order chi connectivity index (χ1) is 9.18. The number of nitrogens with zero attached hydrogens (tertiary/aromatic N) is 3. The van der Waals surface area contributed by atoms with E-state index in [0.717, 1.165) is 12.1 Å². The molecule has 2 heterocycles. The van der Waals surface area contributed by atoms with Gasteiger partial charge < -0.3 is 10.0 Å². The van der Waals surface area contributed by atoms with Gasteiger partial charge in [0.15, 0.2) is 11.5 Å². The van der Waals surface area contributed by atoms with E-state index in [1.807, 2.05) is 23.1 Å². The molecule has 2 aromatic rings. The molecule has 3 rings (SSSR count). The zero-order valence-electron chi connectivity index (χ0n) is 10.4. The quantitative estimate of drug-likeness (QED) is 0.891. The topological polar surface area (TPSA) is 66.3 Å². The van der Waals surface area contributed by atoms with Crippen LogP contribution in [-0.2, 0) is 6.42 Å². The van der Waals surface area contributed by atoms with Crippen LogP contribution in [0.1, 0.15) is 23.0 Å². The minimum atomic E-state index is -1.06. The summed E-state index contributed by atoms with van der Waals surface area (Å²) in [5.74, 6) is -0.646. The number of benzene rings is 1. The predicted molar refractivity (Wildman–Crippen MR) is 70.7 cm³/mol. The third kappa shape index (κ3) is 1.83. The number of carboxylic acids is 1. The Bertz CT molecular complexity index is 642. The zero-order valence-corrected chi connectivity index (χ0v) is 10.4. The van der Waals surface area contributed by atoms with Crippen LogP contribution in [0.5, 0.6) is 0 Å². The lowest BCUT2D eigenvalue weighted by atomic mass is 10.1. The number of carbonyl (C=O) groups is 1. The van der Waals surface area contributed by atoms with Crippen molar-refractivity contribution in [2.24, 2.45) is 0 Å². The summed E-state index contributed by atoms with van der Waals surface area (Å²) >= 11 is 0. The number of para-hydroxylation sites is 1. The highest BCUT2D eigenvalue weighted by atomic mass is 16.4. The first-order valence-corrected chi connectivity index (χ1v) is 6.10. The van der Waals surface area contributed by atoms with Gasteiger partial charge in [0.1, 0.15) is 0 Å². The molecule has 96 valence electrons. The number of fused-ring (bicyclic) bond motifs is 1. The lowest BCUT2D eigenvalue weighted by Gasteiger charge is -2.24. The summed E-state index contributed by atoms with van der Waals surface area (Å²) in [6.45, 7) is 2.06. The highest BCUT2D eigenvalue weighted by Gasteiger charge is 2.31. The van der Waals surface area contributed by atoms with Crippen LogP contribution in [0.4, 0.5) is 11.5 Å². The molecular formula is C14H13N3O2. The van der Waals surface area contributed by atoms with Crippen LogP contribution < -0.4 is 4.90 Å². The summed E-state index contributed by atoms with van der Waals surface area (Å²) in [7, 11) is 0. The Morgan fingerprint density at radius 3 is 2.84 bits per heavy atom. The second-order valence-corrected chi connectivity index (χ2v) is 4.59. The van der Waals surface area contributed by atoms with Crippen molar-refractivity contribution in [1.29, 1.82) is 0 Å². The second kappa shape index (κ2) is 4.35. The van der Waals surface area contributed by atoms with Crippen molar-refractivity contribution in [2.75, 3.05) is 4.90 Å². The largest absolute Gasteiger partial charge is 0.476 e. The number of aromatic carboxylic acids is 1. The van der Waals surface area contributed by atoms with Gasteiger partial charge >= 0.3 is 5.97 Å². The van der Waals surface area contributed by atoms with E-state index >= 15 is 0 Å². The molecule has 5 heteroatoms. The maximum atomic E-state index is 11.3. The van der Waals surface area contributed by atoms with Crippen molar-refractivity contribution in [3.8, 4) is 0 Å². The molecule has 0 saturated carbocycles. The highest BCUT2D eigenvalue weighted by molar-refractivity contribution is 5.92. The fourth-order valence-electron chi connectivity index (χ4n) is 2.55. The molecule has 5 nitrogen and oxygen atoms in total. The van der Waals surface area contributed by atoms with Crippen LogP contribution in [0.3, 0.4) is 0 Å². The van der Waals surface area contributed by atoms with Gasteiger partial charge in [0.2, 0.25) is 0 Å². The molecule has 0 bridgehead atoms. The second-order valence-electron chi connectivity index (χ2n) is 4.59. The highest BCUT2D eigenvalue weighted by Crippen LogP contribution is 2.37. The molecule has 1 unspecified atom stereocenters. The van der Waals surface area contributed by atoms with Gasteiger partial charge in [-0.15, -0.1) is 0 Å². The number of hydrogen-bond acceptors (Lipinski definition) is 4. The third-order valence-electron chi connectivity index (χ3n) is 3.32. The summed E-state index contributed by atoms with van der Waals surface area (Å²) in [5, 5.41) is 9.23. The Labute approximate surface area is 110 Å². The van der Waals surface area contributed by atoms with Crippen molar-refractivity contribution in [1.82, 2.24) is 9.97 Å². The lowest BCUT2D eigenvalue weighted by molar-refractivity contribution is 0.0691. The molecule has 0 radical (unpaired) electrons. The van der Waals surface area contributed by atoms with E-state index in [0.29, 0.717) is 5.82 Å². The number of anilines is 2. The van der Waals surface area contributed by atoms with E-state index in [-0.39, 0.29) is 11.7 Å². The van der Waals surface area contributed by atoms with Crippen molar-refractivity contribution in [2.45, 2.75) is 19.4 Å². The molecule has 1 aliphatic rings. The van der Waals surface area contributed by atoms with Gasteiger partial charge in [0, 0.05) is 24.1 Å². The van der Waals surface area contributed by atoms with Crippen molar-refractivity contribution < 1.29 is 9.90 Å². The number of carboxylic acid groups (broad SMARTS) is 1. The van der Waals surface area contributed by atoms with E-state index in [1.54, 1.807) is 0 Å². The molecule has 1 aromatic carbocycles. The lowest BCUT2D eigenvalue weighted by Crippen LogP contribution is -2.27. The fraction of sp³-hybridized carbons (Fsp3) is 0.214. The van der Waals surface area contributed by atoms with Gasteiger partial charge in [-0.25, -0.2) is 14.8 Å². The third-order valence-corrected chi connectivity index (χ3v) is 3.32. The molecule has 1 aliphatic heterocycles. The Kier molecular flexibility index (Phi) is 2.67. The SMILES string of the molecule is CC1Cc2ccccc2N1c1nccnc1C(=O)O. The van der Waals surface area contributed by atoms with Crippen molar-refractivity contribution in [3.63, 3.8) is 0 Å². The maximum Gasteiger partial charge on any atom is 0.358 e. The molecule has 19 heavy (non-hydrogen) atoms. The van der Waals surface area contributed by atoms with Crippen LogP contribution in [-0.4, -0.2) is 27.1 Å². The molecule has 0 aliphatic carbocycles. The standard InChI is InChI=1S/C14H13N3O2/c1-9-8-10-4-2-3-5-11(10)17(9)13-12(14(18)19)15-6-7-16-13/h2-7,9H,8H2,1H3,(H,18,19). The van der Waals surface area contributed by atoms with Crippen molar-refractivity contribution >= 4 is 17.5 Å². The van der Waals surface area contributed by atoms with Crippen LogP contribution in [0.2, 0.25) is 0 Å².